The number of thioether (sulfide) groups is 1. The van der Waals surface area contributed by atoms with Crippen molar-refractivity contribution in [1.82, 2.24) is 10.2 Å². The highest BCUT2D eigenvalue weighted by atomic mass is 32.2. The number of benzene rings is 3. The summed E-state index contributed by atoms with van der Waals surface area (Å²) in [5.74, 6) is 0.459. The zero-order chi connectivity index (χ0) is 27.3. The molecule has 0 radical (unpaired) electrons. The molecule has 1 N–H and O–H groups in total. The lowest BCUT2D eigenvalue weighted by Gasteiger charge is -2.32. The number of unbranched alkanes of at least 4 members (excludes halogenated alkanes) is 1. The van der Waals surface area contributed by atoms with Crippen LogP contribution in [0.25, 0.3) is 0 Å². The van der Waals surface area contributed by atoms with E-state index in [0.29, 0.717) is 25.3 Å². The first-order valence-electron chi connectivity index (χ1n) is 12.9. The normalized spacial score (nSPS) is 11.5. The minimum Gasteiger partial charge on any atom is -0.354 e. The fourth-order valence-electron chi connectivity index (χ4n) is 4.08. The molecule has 0 aromatic heterocycles. The molecular weight excluding hydrogens is 498 g/mol. The first-order valence-corrected chi connectivity index (χ1v) is 14.0. The molecule has 0 saturated heterocycles. The van der Waals surface area contributed by atoms with Crippen LogP contribution in [0.5, 0.6) is 0 Å². The number of nitrogens with one attached hydrogen (secondary N) is 1. The number of nitro benzene ring substituents is 1. The van der Waals surface area contributed by atoms with Crippen molar-refractivity contribution >= 4 is 29.3 Å². The van der Waals surface area contributed by atoms with E-state index < -0.39 is 11.0 Å². The molecule has 3 aromatic carbocycles. The molecule has 0 saturated carbocycles. The summed E-state index contributed by atoms with van der Waals surface area (Å²) in [5, 5.41) is 14.0. The quantitative estimate of drug-likeness (QED) is 0.163. The van der Waals surface area contributed by atoms with Crippen molar-refractivity contribution in [2.24, 2.45) is 0 Å². The van der Waals surface area contributed by atoms with Gasteiger partial charge in [0.1, 0.15) is 6.04 Å². The number of nitro groups is 1. The zero-order valence-electron chi connectivity index (χ0n) is 22.0. The summed E-state index contributed by atoms with van der Waals surface area (Å²) in [6.45, 7) is 4.99. The summed E-state index contributed by atoms with van der Waals surface area (Å²) in [6.07, 6.45) is 2.26. The van der Waals surface area contributed by atoms with Gasteiger partial charge < -0.3 is 10.2 Å². The summed E-state index contributed by atoms with van der Waals surface area (Å²) < 4.78 is 0. The van der Waals surface area contributed by atoms with Crippen LogP contribution >= 0.6 is 11.8 Å². The third-order valence-electron chi connectivity index (χ3n) is 6.34. The Labute approximate surface area is 228 Å². The smallest absolute Gasteiger partial charge is 0.269 e. The lowest BCUT2D eigenvalue weighted by atomic mass is 10.0. The Morgan fingerprint density at radius 2 is 1.66 bits per heavy atom. The van der Waals surface area contributed by atoms with Gasteiger partial charge >= 0.3 is 0 Å². The molecule has 7 nitrogen and oxygen atoms in total. The first kappa shape index (κ1) is 28.9. The Morgan fingerprint density at radius 1 is 0.974 bits per heavy atom. The molecule has 1 atom stereocenters. The summed E-state index contributed by atoms with van der Waals surface area (Å²) >= 11 is 1.44. The van der Waals surface area contributed by atoms with Gasteiger partial charge in [-0.3, -0.25) is 19.7 Å². The molecule has 0 aliphatic carbocycles. The monoisotopic (exact) mass is 533 g/mol. The Bertz CT molecular complexity index is 1200. The number of rotatable bonds is 14. The van der Waals surface area contributed by atoms with Crippen molar-refractivity contribution in [1.29, 1.82) is 0 Å². The number of hydrogen-bond acceptors (Lipinski definition) is 5. The highest BCUT2D eigenvalue weighted by molar-refractivity contribution is 7.99. The van der Waals surface area contributed by atoms with Crippen molar-refractivity contribution in [2.75, 3.05) is 12.3 Å². The van der Waals surface area contributed by atoms with E-state index >= 15 is 0 Å². The van der Waals surface area contributed by atoms with Crippen LogP contribution in [0.4, 0.5) is 5.69 Å². The number of amides is 2. The fraction of sp³-hybridized carbons (Fsp3) is 0.333. The second kappa shape index (κ2) is 14.9. The lowest BCUT2D eigenvalue weighted by molar-refractivity contribution is -0.384. The minimum absolute atomic E-state index is 0.0390. The van der Waals surface area contributed by atoms with Gasteiger partial charge in [-0.1, -0.05) is 80.1 Å². The van der Waals surface area contributed by atoms with Gasteiger partial charge in [0.2, 0.25) is 11.8 Å². The Hall–Kier alpha value is -3.65. The van der Waals surface area contributed by atoms with E-state index in [4.69, 9.17) is 0 Å². The third kappa shape index (κ3) is 8.73. The SMILES string of the molecule is CCCCNC(=O)C(Cc1ccccc1)N(Cc1ccccc1C)C(=O)CSCc1ccc([N+](=O)[O-])cc1. The Balaban J connectivity index is 1.81. The zero-order valence-corrected chi connectivity index (χ0v) is 22.8. The second-order valence-corrected chi connectivity index (χ2v) is 10.2. The van der Waals surface area contributed by atoms with Crippen LogP contribution in [0.1, 0.15) is 42.0 Å². The molecule has 3 rings (SSSR count). The number of non-ortho nitro benzene ring substituents is 1. The van der Waals surface area contributed by atoms with Crippen molar-refractivity contribution < 1.29 is 14.5 Å². The summed E-state index contributed by atoms with van der Waals surface area (Å²) in [6, 6.07) is 23.4. The molecule has 0 heterocycles. The maximum atomic E-state index is 13.7. The van der Waals surface area contributed by atoms with Crippen LogP contribution < -0.4 is 5.32 Å². The molecule has 0 spiro atoms. The molecule has 200 valence electrons. The Kier molecular flexibility index (Phi) is 11.4. The molecule has 0 aliphatic rings. The highest BCUT2D eigenvalue weighted by Crippen LogP contribution is 2.21. The molecule has 8 heteroatoms. The summed E-state index contributed by atoms with van der Waals surface area (Å²) in [7, 11) is 0. The van der Waals surface area contributed by atoms with Crippen molar-refractivity contribution in [2.45, 2.75) is 51.4 Å². The number of carbonyl (C=O) groups excluding carboxylic acids is 2. The lowest BCUT2D eigenvalue weighted by Crippen LogP contribution is -2.51. The average Bonchev–Trinajstić information content (AvgIpc) is 2.92. The molecule has 0 bridgehead atoms. The third-order valence-corrected chi connectivity index (χ3v) is 7.33. The van der Waals surface area contributed by atoms with E-state index in [1.165, 1.54) is 23.9 Å². The van der Waals surface area contributed by atoms with E-state index in [0.717, 1.165) is 35.1 Å². The maximum Gasteiger partial charge on any atom is 0.269 e. The number of hydrogen-bond donors (Lipinski definition) is 1. The summed E-state index contributed by atoms with van der Waals surface area (Å²) in [4.78, 5) is 39.3. The van der Waals surface area contributed by atoms with Crippen molar-refractivity contribution in [3.05, 3.63) is 111 Å². The van der Waals surface area contributed by atoms with Gasteiger partial charge in [-0.05, 0) is 35.6 Å². The maximum absolute atomic E-state index is 13.7. The first-order chi connectivity index (χ1) is 18.4. The van der Waals surface area contributed by atoms with Gasteiger partial charge in [-0.15, -0.1) is 11.8 Å². The van der Waals surface area contributed by atoms with E-state index in [1.807, 2.05) is 61.5 Å². The van der Waals surface area contributed by atoms with Gasteiger partial charge in [0.25, 0.3) is 5.69 Å². The van der Waals surface area contributed by atoms with Crippen molar-refractivity contribution in [3.63, 3.8) is 0 Å². The second-order valence-electron chi connectivity index (χ2n) is 9.21. The van der Waals surface area contributed by atoms with Crippen LogP contribution in [0.2, 0.25) is 0 Å². The van der Waals surface area contributed by atoms with Crippen LogP contribution in [0.3, 0.4) is 0 Å². The molecule has 0 aliphatic heterocycles. The summed E-state index contributed by atoms with van der Waals surface area (Å²) in [5.41, 5.74) is 3.99. The Morgan fingerprint density at radius 3 is 2.32 bits per heavy atom. The van der Waals surface area contributed by atoms with Crippen LogP contribution in [-0.2, 0) is 28.3 Å². The molecular formula is C30H35N3O4S. The number of aryl methyl sites for hydroxylation is 1. The van der Waals surface area contributed by atoms with Gasteiger partial charge in [-0.2, -0.15) is 0 Å². The van der Waals surface area contributed by atoms with Crippen LogP contribution in [-0.4, -0.2) is 40.0 Å². The van der Waals surface area contributed by atoms with E-state index in [-0.39, 0.29) is 23.3 Å². The molecule has 0 fully saturated rings. The predicted octanol–water partition coefficient (Wildman–Crippen LogP) is 5.69. The van der Waals surface area contributed by atoms with Crippen LogP contribution in [0, 0.1) is 17.0 Å². The standard InChI is InChI=1S/C30H35N3O4S/c1-3-4-18-31-30(35)28(19-24-11-6-5-7-12-24)32(20-26-13-9-8-10-23(26)2)29(34)22-38-21-25-14-16-27(17-15-25)33(36)37/h5-17,28H,3-4,18-22H2,1-2H3,(H,31,35). The van der Waals surface area contributed by atoms with Gasteiger partial charge in [0.05, 0.1) is 10.7 Å². The molecule has 38 heavy (non-hydrogen) atoms. The molecule has 2 amide bonds. The van der Waals surface area contributed by atoms with Gasteiger partial charge in [0, 0.05) is 37.4 Å². The van der Waals surface area contributed by atoms with E-state index in [9.17, 15) is 19.7 Å². The van der Waals surface area contributed by atoms with Crippen molar-refractivity contribution in [3.8, 4) is 0 Å². The largest absolute Gasteiger partial charge is 0.354 e. The van der Waals surface area contributed by atoms with E-state index in [2.05, 4.69) is 12.2 Å². The number of carbonyl (C=O) groups is 2. The fourth-order valence-corrected chi connectivity index (χ4v) is 4.95. The highest BCUT2D eigenvalue weighted by Gasteiger charge is 2.30. The minimum atomic E-state index is -0.652. The van der Waals surface area contributed by atoms with E-state index in [1.54, 1.807) is 17.0 Å². The van der Waals surface area contributed by atoms with Gasteiger partial charge in [-0.25, -0.2) is 0 Å². The molecule has 1 unspecified atom stereocenters. The predicted molar refractivity (Wildman–Crippen MR) is 153 cm³/mol. The van der Waals surface area contributed by atoms with Gasteiger partial charge in [0.15, 0.2) is 0 Å². The topological polar surface area (TPSA) is 92.6 Å². The van der Waals surface area contributed by atoms with Crippen LogP contribution in [0.15, 0.2) is 78.9 Å². The molecule has 3 aromatic rings. The number of nitrogens with zero attached hydrogens (tertiary/aromatic N) is 2. The average molecular weight is 534 g/mol.